The second kappa shape index (κ2) is 5.89. The summed E-state index contributed by atoms with van der Waals surface area (Å²) in [6.45, 7) is 6.61. The first-order chi connectivity index (χ1) is 12.1. The molecule has 1 aliphatic rings. The van der Waals surface area contributed by atoms with Crippen LogP contribution in [0.15, 0.2) is 77.8 Å². The number of nitrogens with zero attached hydrogens (tertiary/aromatic N) is 1. The molecule has 0 saturated heterocycles. The van der Waals surface area contributed by atoms with Gasteiger partial charge in [0.2, 0.25) is 0 Å². The number of nitrogens with one attached hydrogen (secondary N) is 1. The highest BCUT2D eigenvalue weighted by atomic mass is 14.9. The SMILES string of the molecule is Cc1cccc(Nc2cccc3c2N=C(c2ccccc2)C3(C)C)c1. The van der Waals surface area contributed by atoms with Gasteiger partial charge >= 0.3 is 0 Å². The number of rotatable bonds is 3. The molecule has 0 atom stereocenters. The van der Waals surface area contributed by atoms with Gasteiger partial charge in [0, 0.05) is 11.1 Å². The molecule has 1 N–H and O–H groups in total. The van der Waals surface area contributed by atoms with E-state index in [1.165, 1.54) is 16.7 Å². The highest BCUT2D eigenvalue weighted by Crippen LogP contribution is 2.46. The van der Waals surface area contributed by atoms with Crippen molar-refractivity contribution in [1.29, 1.82) is 0 Å². The summed E-state index contributed by atoms with van der Waals surface area (Å²) in [7, 11) is 0. The molecule has 0 bridgehead atoms. The van der Waals surface area contributed by atoms with Crippen LogP contribution in [0.1, 0.15) is 30.5 Å². The normalized spacial score (nSPS) is 14.8. The van der Waals surface area contributed by atoms with E-state index >= 15 is 0 Å². The summed E-state index contributed by atoms with van der Waals surface area (Å²) in [4.78, 5) is 5.05. The average molecular weight is 326 g/mol. The van der Waals surface area contributed by atoms with Crippen molar-refractivity contribution in [3.05, 3.63) is 89.5 Å². The van der Waals surface area contributed by atoms with Crippen molar-refractivity contribution >= 4 is 22.8 Å². The molecule has 2 nitrogen and oxygen atoms in total. The first kappa shape index (κ1) is 15.6. The summed E-state index contributed by atoms with van der Waals surface area (Å²) < 4.78 is 0. The minimum absolute atomic E-state index is 0.110. The number of anilines is 2. The van der Waals surface area contributed by atoms with Gasteiger partial charge in [-0.15, -0.1) is 0 Å². The Hall–Kier alpha value is -2.87. The third-order valence-corrected chi connectivity index (χ3v) is 4.87. The Morgan fingerprint density at radius 2 is 1.60 bits per heavy atom. The molecule has 4 rings (SSSR count). The second-order valence-corrected chi connectivity index (χ2v) is 7.15. The van der Waals surface area contributed by atoms with Gasteiger partial charge in [0.1, 0.15) is 0 Å². The number of aryl methyl sites for hydroxylation is 1. The van der Waals surface area contributed by atoms with Crippen molar-refractivity contribution in [2.75, 3.05) is 5.32 Å². The number of fused-ring (bicyclic) bond motifs is 1. The summed E-state index contributed by atoms with van der Waals surface area (Å²) in [5, 5.41) is 3.55. The second-order valence-electron chi connectivity index (χ2n) is 7.15. The zero-order chi connectivity index (χ0) is 17.4. The quantitative estimate of drug-likeness (QED) is 0.613. The number of benzene rings is 3. The smallest absolute Gasteiger partial charge is 0.0909 e. The molecule has 0 amide bonds. The monoisotopic (exact) mass is 326 g/mol. The molecule has 1 aliphatic heterocycles. The van der Waals surface area contributed by atoms with Crippen LogP contribution in [0.2, 0.25) is 0 Å². The van der Waals surface area contributed by atoms with E-state index in [1.54, 1.807) is 0 Å². The maximum atomic E-state index is 5.05. The zero-order valence-corrected chi connectivity index (χ0v) is 14.9. The molecule has 2 heteroatoms. The molecule has 0 saturated carbocycles. The molecule has 25 heavy (non-hydrogen) atoms. The predicted octanol–water partition coefficient (Wildman–Crippen LogP) is 6.15. The fourth-order valence-corrected chi connectivity index (χ4v) is 3.55. The van der Waals surface area contributed by atoms with E-state index in [9.17, 15) is 0 Å². The largest absolute Gasteiger partial charge is 0.354 e. The first-order valence-corrected chi connectivity index (χ1v) is 8.67. The summed E-state index contributed by atoms with van der Waals surface area (Å²) >= 11 is 0. The lowest BCUT2D eigenvalue weighted by molar-refractivity contribution is 0.738. The van der Waals surface area contributed by atoms with Gasteiger partial charge in [-0.1, -0.05) is 68.4 Å². The average Bonchev–Trinajstić information content (AvgIpc) is 2.88. The number of aliphatic imine (C=N–C) groups is 1. The third-order valence-electron chi connectivity index (χ3n) is 4.87. The first-order valence-electron chi connectivity index (χ1n) is 8.67. The van der Waals surface area contributed by atoms with Crippen molar-refractivity contribution in [3.63, 3.8) is 0 Å². The molecule has 124 valence electrons. The van der Waals surface area contributed by atoms with Crippen LogP contribution in [0.3, 0.4) is 0 Å². The summed E-state index contributed by atoms with van der Waals surface area (Å²) in [5.41, 5.74) is 7.91. The maximum absolute atomic E-state index is 5.05. The van der Waals surface area contributed by atoms with Gasteiger partial charge in [-0.05, 0) is 41.8 Å². The van der Waals surface area contributed by atoms with E-state index in [1.807, 2.05) is 6.07 Å². The van der Waals surface area contributed by atoms with Crippen molar-refractivity contribution < 1.29 is 0 Å². The van der Waals surface area contributed by atoms with Gasteiger partial charge in [0.05, 0.1) is 17.1 Å². The van der Waals surface area contributed by atoms with Crippen LogP contribution in [0.4, 0.5) is 17.1 Å². The molecular formula is C23H22N2. The molecule has 0 spiro atoms. The van der Waals surface area contributed by atoms with Gasteiger partial charge in [-0.25, -0.2) is 4.99 Å². The molecular weight excluding hydrogens is 304 g/mol. The van der Waals surface area contributed by atoms with E-state index in [0.29, 0.717) is 0 Å². The predicted molar refractivity (Wildman–Crippen MR) is 107 cm³/mol. The standard InChI is InChI=1S/C23H22N2/c1-16-9-7-12-18(15-16)24-20-14-8-13-19-21(20)25-22(23(19,2)3)17-10-5-4-6-11-17/h4-15,24H,1-3H3. The van der Waals surface area contributed by atoms with Crippen molar-refractivity contribution in [2.45, 2.75) is 26.2 Å². The van der Waals surface area contributed by atoms with Gasteiger partial charge < -0.3 is 5.32 Å². The highest BCUT2D eigenvalue weighted by molar-refractivity contribution is 6.13. The lowest BCUT2D eigenvalue weighted by Gasteiger charge is -2.22. The van der Waals surface area contributed by atoms with Crippen LogP contribution < -0.4 is 5.32 Å². The number of para-hydroxylation sites is 1. The van der Waals surface area contributed by atoms with E-state index in [2.05, 4.69) is 92.8 Å². The van der Waals surface area contributed by atoms with Crippen LogP contribution in [0, 0.1) is 6.92 Å². The Kier molecular flexibility index (Phi) is 3.69. The Morgan fingerprint density at radius 1 is 0.840 bits per heavy atom. The minimum Gasteiger partial charge on any atom is -0.354 e. The van der Waals surface area contributed by atoms with Crippen molar-refractivity contribution in [3.8, 4) is 0 Å². The maximum Gasteiger partial charge on any atom is 0.0909 e. The molecule has 0 aliphatic carbocycles. The van der Waals surface area contributed by atoms with E-state index < -0.39 is 0 Å². The topological polar surface area (TPSA) is 24.4 Å². The fourth-order valence-electron chi connectivity index (χ4n) is 3.55. The van der Waals surface area contributed by atoms with Crippen LogP contribution in [-0.4, -0.2) is 5.71 Å². The summed E-state index contributed by atoms with van der Waals surface area (Å²) in [6, 6.07) is 25.3. The van der Waals surface area contributed by atoms with Crippen LogP contribution >= 0.6 is 0 Å². The molecule has 0 unspecified atom stereocenters. The van der Waals surface area contributed by atoms with Gasteiger partial charge in [0.25, 0.3) is 0 Å². The fraction of sp³-hybridized carbons (Fsp3) is 0.174. The zero-order valence-electron chi connectivity index (χ0n) is 14.9. The lowest BCUT2D eigenvalue weighted by Crippen LogP contribution is -2.26. The van der Waals surface area contributed by atoms with Crippen molar-refractivity contribution in [2.24, 2.45) is 4.99 Å². The van der Waals surface area contributed by atoms with Crippen LogP contribution in [0.25, 0.3) is 0 Å². The lowest BCUT2D eigenvalue weighted by atomic mass is 9.79. The molecule has 3 aromatic carbocycles. The Balaban J connectivity index is 1.80. The highest BCUT2D eigenvalue weighted by Gasteiger charge is 2.36. The van der Waals surface area contributed by atoms with Gasteiger partial charge in [-0.3, -0.25) is 0 Å². The van der Waals surface area contributed by atoms with E-state index in [4.69, 9.17) is 4.99 Å². The van der Waals surface area contributed by atoms with E-state index in [0.717, 1.165) is 22.8 Å². The minimum atomic E-state index is -0.110. The Bertz CT molecular complexity index is 953. The van der Waals surface area contributed by atoms with Gasteiger partial charge in [-0.2, -0.15) is 0 Å². The molecule has 1 heterocycles. The Morgan fingerprint density at radius 3 is 2.36 bits per heavy atom. The van der Waals surface area contributed by atoms with Crippen molar-refractivity contribution in [1.82, 2.24) is 0 Å². The molecule has 3 aromatic rings. The van der Waals surface area contributed by atoms with Crippen LogP contribution in [-0.2, 0) is 5.41 Å². The van der Waals surface area contributed by atoms with E-state index in [-0.39, 0.29) is 5.41 Å². The van der Waals surface area contributed by atoms with Crippen LogP contribution in [0.5, 0.6) is 0 Å². The number of hydrogen-bond donors (Lipinski definition) is 1. The Labute approximate surface area is 149 Å². The summed E-state index contributed by atoms with van der Waals surface area (Å²) in [5.74, 6) is 0. The number of hydrogen-bond acceptors (Lipinski definition) is 2. The molecule has 0 radical (unpaired) electrons. The molecule has 0 aromatic heterocycles. The molecule has 0 fully saturated rings. The van der Waals surface area contributed by atoms with Gasteiger partial charge in [0.15, 0.2) is 0 Å². The third kappa shape index (κ3) is 2.74. The summed E-state index contributed by atoms with van der Waals surface area (Å²) in [6.07, 6.45) is 0.